The molecule has 1 unspecified atom stereocenters. The van der Waals surface area contributed by atoms with Gasteiger partial charge in [-0.05, 0) is 69.2 Å². The maximum absolute atomic E-state index is 13.6. The molecular formula is C63H95Cl3N9O31P3S3. The Bertz CT molecular complexity index is 4150. The van der Waals surface area contributed by atoms with Crippen LogP contribution in [-0.2, 0) is 97.5 Å². The molecule has 112 heavy (non-hydrogen) atoms. The van der Waals surface area contributed by atoms with Crippen molar-refractivity contribution in [3.8, 4) is 0 Å². The second kappa shape index (κ2) is 40.5. The summed E-state index contributed by atoms with van der Waals surface area (Å²) < 4.78 is 119. The summed E-state index contributed by atoms with van der Waals surface area (Å²) in [6, 6.07) is 2.26. The number of halogens is 3. The smallest absolute Gasteiger partial charge is 0.462 e. The van der Waals surface area contributed by atoms with E-state index >= 15 is 0 Å². The molecule has 5 aliphatic heterocycles. The minimum Gasteiger partial charge on any atom is -0.462 e. The minimum atomic E-state index is -4.28. The van der Waals surface area contributed by atoms with Crippen LogP contribution >= 0.6 is 93.5 Å². The van der Waals surface area contributed by atoms with Gasteiger partial charge in [-0.2, -0.15) is 0 Å². The van der Waals surface area contributed by atoms with Crippen molar-refractivity contribution >= 4 is 127 Å². The van der Waals surface area contributed by atoms with Crippen LogP contribution in [0.2, 0.25) is 0 Å². The zero-order valence-corrected chi connectivity index (χ0v) is 70.9. The number of hydrogen-bond acceptors (Lipinski definition) is 34. The molecule has 0 aromatic carbocycles. The second-order valence-electron chi connectivity index (χ2n) is 28.1. The number of H-pyrrole nitrogens is 3. The predicted octanol–water partition coefficient (Wildman–Crippen LogP) is 5.15. The lowest BCUT2D eigenvalue weighted by molar-refractivity contribution is -0.149. The van der Waals surface area contributed by atoms with E-state index in [1.165, 1.54) is 26.2 Å². The fourth-order valence-corrected chi connectivity index (χ4v) is 18.9. The quantitative estimate of drug-likeness (QED) is 0.0132. The number of ether oxygens (including phenoxy) is 6. The number of aromatic nitrogens is 6. The van der Waals surface area contributed by atoms with Crippen LogP contribution < -0.4 is 49.5 Å². The topological polar surface area (TPSA) is 524 Å². The molecule has 8 N–H and O–H groups in total. The van der Waals surface area contributed by atoms with Gasteiger partial charge in [-0.15, -0.1) is 34.8 Å². The number of aliphatic hydroxyl groups excluding tert-OH is 2. The largest absolute Gasteiger partial charge is 0.475 e. The molecule has 5 saturated heterocycles. The van der Waals surface area contributed by atoms with Crippen molar-refractivity contribution in [3.05, 3.63) is 99.3 Å². The molecular weight excluding hydrogens is 1670 g/mol. The van der Waals surface area contributed by atoms with Gasteiger partial charge in [0, 0.05) is 67.1 Å². The summed E-state index contributed by atoms with van der Waals surface area (Å²) in [7, 11) is -12.4. The number of fused-ring (bicyclic) bond motifs is 2. The first-order valence-corrected chi connectivity index (χ1v) is 43.2. The molecule has 3 aromatic rings. The van der Waals surface area contributed by atoms with Gasteiger partial charge in [-0.25, -0.2) is 42.8 Å². The average Bonchev–Trinajstić information content (AvgIpc) is 1.59. The standard InChI is InChI=1S/C23H37ClN3O11PS.2C20H29ClN3O10PS/c1-13(2)37-18(31)14(3)26-39(34,35-9-10-40-20(32)22(4,5)12-28)36-11-15-17(30)23(6,24)19(38-15)27-8-7-16(29)25-21(27)33;2*1-5-30-18(28)22-11-19(2,3)16(26)36-9-8-31-35(29)32-10-12-14(34-35)20(4,21)15(33-12)24-7-6-13(25)23-17(24)27/h7-8,13-15,17,19,28,30H,9-12H2,1-6H3,(H,26,34)(H,25,29,33);2*6-7,12,14-15H,5,8-11H2,1-4H3,(H,22,28)(H,23,25,27)/t14-,15+,17+,19+,23+,39-;12-,14-,15-,20-,35?;12-,14-,15-,20-,35+/m011/s1. The highest BCUT2D eigenvalue weighted by molar-refractivity contribution is 8.14. The molecule has 2 amide bonds. The summed E-state index contributed by atoms with van der Waals surface area (Å²) >= 11 is 22.7. The van der Waals surface area contributed by atoms with Crippen LogP contribution in [0, 0.1) is 16.2 Å². The monoisotopic (exact) mass is 1770 g/mol. The number of carbonyl (C=O) groups excluding carboxylic acids is 6. The van der Waals surface area contributed by atoms with Gasteiger partial charge in [0.25, 0.3) is 16.7 Å². The number of rotatable bonds is 32. The van der Waals surface area contributed by atoms with Crippen LogP contribution in [0.3, 0.4) is 0 Å². The van der Waals surface area contributed by atoms with Crippen molar-refractivity contribution in [2.75, 3.05) is 89.8 Å². The first-order valence-electron chi connectivity index (χ1n) is 34.6. The van der Waals surface area contributed by atoms with Crippen LogP contribution in [0.5, 0.6) is 0 Å². The van der Waals surface area contributed by atoms with Crippen molar-refractivity contribution in [2.45, 2.75) is 179 Å². The zero-order valence-electron chi connectivity index (χ0n) is 63.5. The van der Waals surface area contributed by atoms with Crippen LogP contribution in [0.25, 0.3) is 0 Å². The molecule has 0 saturated carbocycles. The Kier molecular flexibility index (Phi) is 34.7. The molecule has 8 heterocycles. The van der Waals surface area contributed by atoms with Gasteiger partial charge in [-0.3, -0.25) is 98.4 Å². The molecule has 49 heteroatoms. The Morgan fingerprint density at radius 1 is 0.616 bits per heavy atom. The molecule has 0 spiro atoms. The number of aromatic amines is 3. The summed E-state index contributed by atoms with van der Waals surface area (Å²) in [4.78, 5) is 145. The highest BCUT2D eigenvalue weighted by Crippen LogP contribution is 2.62. The lowest BCUT2D eigenvalue weighted by atomic mass is 9.96. The van der Waals surface area contributed by atoms with E-state index in [2.05, 4.69) is 30.7 Å². The molecule has 16 atom stereocenters. The van der Waals surface area contributed by atoms with Crippen LogP contribution in [0.15, 0.2) is 65.6 Å². The normalized spacial score (nSPS) is 28.4. The summed E-state index contributed by atoms with van der Waals surface area (Å²) in [5.41, 5.74) is -6.77. The molecule has 40 nitrogen and oxygen atoms in total. The van der Waals surface area contributed by atoms with E-state index in [0.717, 1.165) is 73.4 Å². The number of esters is 1. The van der Waals surface area contributed by atoms with E-state index in [1.807, 2.05) is 0 Å². The molecule has 8 rings (SSSR count). The lowest BCUT2D eigenvalue weighted by Gasteiger charge is -2.34. The maximum Gasteiger partial charge on any atom is 0.475 e. The summed E-state index contributed by atoms with van der Waals surface area (Å²) in [6.07, 6.45) is -7.32. The number of nitrogens with zero attached hydrogens (tertiary/aromatic N) is 3. The Morgan fingerprint density at radius 3 is 1.36 bits per heavy atom. The van der Waals surface area contributed by atoms with Crippen molar-refractivity contribution in [1.29, 1.82) is 0 Å². The van der Waals surface area contributed by atoms with Crippen LogP contribution in [0.4, 0.5) is 9.59 Å². The predicted molar refractivity (Wildman–Crippen MR) is 407 cm³/mol. The Hall–Kier alpha value is -4.89. The van der Waals surface area contributed by atoms with Gasteiger partial charge < -0.3 is 49.3 Å². The number of carbonyl (C=O) groups is 6. The fourth-order valence-electron chi connectivity index (χ4n) is 10.5. The number of thioether (sulfide) groups is 3. The van der Waals surface area contributed by atoms with Crippen LogP contribution in [-0.4, -0.2) is 226 Å². The van der Waals surface area contributed by atoms with Gasteiger partial charge >= 0.3 is 58.6 Å². The fraction of sp³-hybridized carbons (Fsp3) is 0.714. The number of hydrogen-bond donors (Lipinski definition) is 8. The van der Waals surface area contributed by atoms with E-state index in [1.54, 1.807) is 83.1 Å². The number of alkyl carbamates (subject to hydrolysis) is 2. The van der Waals surface area contributed by atoms with Crippen molar-refractivity contribution in [1.82, 2.24) is 44.4 Å². The average molecular weight is 1770 g/mol. The number of phosphoric ester groups is 2. The van der Waals surface area contributed by atoms with E-state index in [4.69, 9.17) is 99.4 Å². The van der Waals surface area contributed by atoms with Crippen molar-refractivity contribution < 1.29 is 117 Å². The third-order valence-corrected chi connectivity index (χ3v) is 26.2. The first-order chi connectivity index (χ1) is 52.0. The SMILES string of the molecule is CC(C)OC(=O)[C@H](C)N[P@](=O)(OCCSC(=O)C(C)(C)CO)OC[C@H]1O[C@@H](n2ccc(=O)[nH]c2=O)[C@](C)(Cl)[C@@H]1O.CCOC(=O)NCC(C)(C)C(=O)SCCOP1(=O)OC[C@H]2O[C@@H](n3ccc(=O)[nH]c3=O)[C@](C)(Cl)[C@@H]2O1.CCOC(=O)NCC(C)(C)C(=O)SCCO[P@@]1(=O)OC[C@H]2O[C@@H](n3ccc(=O)[nH]c3=O)[C@](C)(Cl)[C@@H]2O1. The third kappa shape index (κ3) is 25.8. The van der Waals surface area contributed by atoms with Gasteiger partial charge in [-0.1, -0.05) is 63.0 Å². The first kappa shape index (κ1) is 96.0. The van der Waals surface area contributed by atoms with E-state index < -0.39 is 180 Å². The third-order valence-electron chi connectivity index (χ3n) is 16.8. The minimum absolute atomic E-state index is 0.0572. The molecule has 0 radical (unpaired) electrons. The van der Waals surface area contributed by atoms with Crippen molar-refractivity contribution in [3.63, 3.8) is 0 Å². The van der Waals surface area contributed by atoms with Gasteiger partial charge in [0.2, 0.25) is 0 Å². The van der Waals surface area contributed by atoms with Gasteiger partial charge in [0.15, 0.2) is 34.0 Å². The summed E-state index contributed by atoms with van der Waals surface area (Å²) in [6.45, 7) is 21.3. The Balaban J connectivity index is 0.000000262. The molecule has 632 valence electrons. The van der Waals surface area contributed by atoms with E-state index in [-0.39, 0.29) is 98.5 Å². The highest BCUT2D eigenvalue weighted by Gasteiger charge is 2.62. The molecule has 0 aliphatic carbocycles. The number of alkyl halides is 3. The number of aliphatic hydroxyl groups is 2. The summed E-state index contributed by atoms with van der Waals surface area (Å²) in [5, 5.41) is 27.0. The van der Waals surface area contributed by atoms with Gasteiger partial charge in [0.1, 0.15) is 57.3 Å². The molecule has 5 fully saturated rings. The molecule has 5 aliphatic rings. The Morgan fingerprint density at radius 2 is 0.991 bits per heavy atom. The van der Waals surface area contributed by atoms with Crippen LogP contribution in [0.1, 0.15) is 116 Å². The second-order valence-corrected chi connectivity index (χ2v) is 38.7. The number of phosphoric acid groups is 2. The van der Waals surface area contributed by atoms with Crippen molar-refractivity contribution in [2.24, 2.45) is 16.2 Å². The zero-order chi connectivity index (χ0) is 83.9. The molecule has 3 aromatic heterocycles. The summed E-state index contributed by atoms with van der Waals surface area (Å²) in [5.74, 6) is -0.367. The van der Waals surface area contributed by atoms with E-state index in [9.17, 15) is 81.4 Å². The van der Waals surface area contributed by atoms with E-state index in [0.29, 0.717) is 0 Å². The number of nitrogens with one attached hydrogen (secondary N) is 6. The lowest BCUT2D eigenvalue weighted by Crippen LogP contribution is -2.45. The maximum atomic E-state index is 13.6. The molecule has 0 bridgehead atoms. The Labute approximate surface area is 669 Å². The van der Waals surface area contributed by atoms with Gasteiger partial charge in [0.05, 0.1) is 81.8 Å². The number of amides is 2. The highest BCUT2D eigenvalue weighted by atomic mass is 35.5.